The van der Waals surface area contributed by atoms with E-state index in [0.29, 0.717) is 16.2 Å². The molecule has 0 aromatic heterocycles. The van der Waals surface area contributed by atoms with Gasteiger partial charge in [0.05, 0.1) is 0 Å². The number of rotatable bonds is 7. The van der Waals surface area contributed by atoms with Gasteiger partial charge in [-0.25, -0.2) is 4.18 Å². The first-order chi connectivity index (χ1) is 8.88. The first-order valence-corrected chi connectivity index (χ1v) is 8.81. The predicted molar refractivity (Wildman–Crippen MR) is 71.6 cm³/mol. The molecule has 9 heteroatoms. The molecule has 0 radical (unpaired) electrons. The summed E-state index contributed by atoms with van der Waals surface area (Å²) in [7, 11) is -6.91. The van der Waals surface area contributed by atoms with Crippen LogP contribution in [0.25, 0.3) is 0 Å². The SMILES string of the molecule is CCSc1cccc(C)c1S(=O)(=O)OCO[P+](=O)O. The maximum atomic E-state index is 12.0. The fraction of sp³-hybridized carbons (Fsp3) is 0.400. The van der Waals surface area contributed by atoms with Crippen molar-refractivity contribution in [3.63, 3.8) is 0 Å². The Balaban J connectivity index is 3.02. The van der Waals surface area contributed by atoms with Crippen LogP contribution in [0.3, 0.4) is 0 Å². The fourth-order valence-electron chi connectivity index (χ4n) is 1.40. The highest BCUT2D eigenvalue weighted by Crippen LogP contribution is 2.30. The van der Waals surface area contributed by atoms with Crippen molar-refractivity contribution in [3.05, 3.63) is 23.8 Å². The number of hydrogen-bond acceptors (Lipinski definition) is 6. The second kappa shape index (κ2) is 7.33. The summed E-state index contributed by atoms with van der Waals surface area (Å²) < 4.78 is 43.2. The van der Waals surface area contributed by atoms with E-state index in [1.807, 2.05) is 6.92 Å². The van der Waals surface area contributed by atoms with E-state index in [2.05, 4.69) is 8.71 Å². The summed E-state index contributed by atoms with van der Waals surface area (Å²) in [5.41, 5.74) is 0.548. The molecule has 0 saturated heterocycles. The average Bonchev–Trinajstić information content (AvgIpc) is 2.28. The van der Waals surface area contributed by atoms with E-state index in [9.17, 15) is 13.0 Å². The van der Waals surface area contributed by atoms with Crippen molar-refractivity contribution in [1.29, 1.82) is 0 Å². The van der Waals surface area contributed by atoms with Crippen LogP contribution in [0.4, 0.5) is 0 Å². The minimum Gasteiger partial charge on any atom is -0.232 e. The van der Waals surface area contributed by atoms with Gasteiger partial charge in [-0.1, -0.05) is 23.6 Å². The molecule has 1 atom stereocenters. The van der Waals surface area contributed by atoms with E-state index in [1.165, 1.54) is 11.8 Å². The fourth-order valence-corrected chi connectivity index (χ4v) is 3.95. The summed E-state index contributed by atoms with van der Waals surface area (Å²) in [6.45, 7) is 2.77. The Morgan fingerprint density at radius 3 is 2.68 bits per heavy atom. The van der Waals surface area contributed by atoms with Gasteiger partial charge in [0.15, 0.2) is 0 Å². The lowest BCUT2D eigenvalue weighted by molar-refractivity contribution is 0.120. The van der Waals surface area contributed by atoms with Crippen molar-refractivity contribution in [2.45, 2.75) is 23.6 Å². The molecule has 0 saturated carbocycles. The van der Waals surface area contributed by atoms with E-state index in [1.54, 1.807) is 25.1 Å². The molecule has 1 unspecified atom stereocenters. The van der Waals surface area contributed by atoms with E-state index >= 15 is 0 Å². The van der Waals surface area contributed by atoms with Crippen molar-refractivity contribution in [1.82, 2.24) is 0 Å². The molecule has 19 heavy (non-hydrogen) atoms. The van der Waals surface area contributed by atoms with Gasteiger partial charge in [-0.3, -0.25) is 0 Å². The highest BCUT2D eigenvalue weighted by atomic mass is 32.2. The van der Waals surface area contributed by atoms with E-state index in [-0.39, 0.29) is 4.90 Å². The molecule has 1 rings (SSSR count). The molecule has 0 aliphatic carbocycles. The molecule has 0 spiro atoms. The van der Waals surface area contributed by atoms with Gasteiger partial charge in [0.2, 0.25) is 6.79 Å². The third-order valence-corrected chi connectivity index (χ3v) is 4.94. The van der Waals surface area contributed by atoms with Crippen LogP contribution in [0.5, 0.6) is 0 Å². The van der Waals surface area contributed by atoms with Crippen LogP contribution in [-0.2, 0) is 23.4 Å². The van der Waals surface area contributed by atoms with Crippen LogP contribution in [0.15, 0.2) is 28.0 Å². The molecule has 0 aliphatic heterocycles. The maximum absolute atomic E-state index is 12.0. The van der Waals surface area contributed by atoms with Crippen LogP contribution in [-0.4, -0.2) is 25.9 Å². The Hall–Kier alpha value is -0.500. The topological polar surface area (TPSA) is 89.9 Å². The highest BCUT2D eigenvalue weighted by Gasteiger charge is 2.24. The molecular weight excluding hydrogens is 311 g/mol. The Labute approximate surface area is 117 Å². The zero-order valence-corrected chi connectivity index (χ0v) is 12.9. The van der Waals surface area contributed by atoms with Gasteiger partial charge in [-0.2, -0.15) is 8.42 Å². The molecule has 1 N–H and O–H groups in total. The maximum Gasteiger partial charge on any atom is 0.697 e. The Kier molecular flexibility index (Phi) is 6.38. The normalized spacial score (nSPS) is 12.5. The average molecular weight is 325 g/mol. The molecule has 0 fully saturated rings. The summed E-state index contributed by atoms with van der Waals surface area (Å²) in [4.78, 5) is 9.07. The summed E-state index contributed by atoms with van der Waals surface area (Å²) in [6.07, 6.45) is 0. The lowest BCUT2D eigenvalue weighted by Crippen LogP contribution is -2.11. The van der Waals surface area contributed by atoms with Gasteiger partial charge >= 0.3 is 18.4 Å². The second-order valence-corrected chi connectivity index (χ2v) is 6.98. The van der Waals surface area contributed by atoms with Crippen molar-refractivity contribution in [3.8, 4) is 0 Å². The zero-order valence-electron chi connectivity index (χ0n) is 10.4. The van der Waals surface area contributed by atoms with E-state index in [4.69, 9.17) is 4.89 Å². The Morgan fingerprint density at radius 1 is 1.42 bits per heavy atom. The van der Waals surface area contributed by atoms with E-state index < -0.39 is 25.2 Å². The van der Waals surface area contributed by atoms with Crippen LogP contribution in [0, 0.1) is 6.92 Å². The van der Waals surface area contributed by atoms with Gasteiger partial charge in [0, 0.05) is 9.46 Å². The first-order valence-electron chi connectivity index (χ1n) is 5.29. The minimum atomic E-state index is -4.02. The first kappa shape index (κ1) is 16.6. The van der Waals surface area contributed by atoms with Crippen molar-refractivity contribution < 1.29 is 26.6 Å². The quantitative estimate of drug-likeness (QED) is 0.356. The summed E-state index contributed by atoms with van der Waals surface area (Å²) in [5.74, 6) is 0.713. The number of thioether (sulfide) groups is 1. The third-order valence-electron chi connectivity index (χ3n) is 2.09. The van der Waals surface area contributed by atoms with Crippen LogP contribution in [0.2, 0.25) is 0 Å². The molecule has 1 aromatic carbocycles. The van der Waals surface area contributed by atoms with Crippen molar-refractivity contribution in [2.24, 2.45) is 0 Å². The van der Waals surface area contributed by atoms with Gasteiger partial charge in [0.1, 0.15) is 4.90 Å². The minimum absolute atomic E-state index is 0.0682. The van der Waals surface area contributed by atoms with Crippen LogP contribution in [0.1, 0.15) is 12.5 Å². The molecule has 106 valence electrons. The molecule has 0 heterocycles. The molecule has 6 nitrogen and oxygen atoms in total. The van der Waals surface area contributed by atoms with Gasteiger partial charge in [-0.15, -0.1) is 16.7 Å². The molecule has 1 aromatic rings. The Bertz CT molecular complexity index is 557. The lowest BCUT2D eigenvalue weighted by atomic mass is 10.2. The molecule has 0 bridgehead atoms. The van der Waals surface area contributed by atoms with Gasteiger partial charge in [-0.05, 0) is 24.3 Å². The zero-order chi connectivity index (χ0) is 14.5. The largest absolute Gasteiger partial charge is 0.697 e. The predicted octanol–water partition coefficient (Wildman–Crippen LogP) is 2.44. The number of aryl methyl sites for hydroxylation is 1. The molecule has 0 aliphatic rings. The van der Waals surface area contributed by atoms with Crippen LogP contribution < -0.4 is 0 Å². The summed E-state index contributed by atoms with van der Waals surface area (Å²) in [5, 5.41) is 0. The summed E-state index contributed by atoms with van der Waals surface area (Å²) >= 11 is 1.38. The lowest BCUT2D eigenvalue weighted by Gasteiger charge is -2.11. The number of benzene rings is 1. The third kappa shape index (κ3) is 4.83. The van der Waals surface area contributed by atoms with Gasteiger partial charge < -0.3 is 0 Å². The van der Waals surface area contributed by atoms with E-state index in [0.717, 1.165) is 0 Å². The summed E-state index contributed by atoms with van der Waals surface area (Å²) in [6, 6.07) is 5.10. The Morgan fingerprint density at radius 2 is 2.11 bits per heavy atom. The van der Waals surface area contributed by atoms with Crippen LogP contribution >= 0.6 is 20.0 Å². The molecular formula is C10H14O6PS2+. The standard InChI is InChI=1S/C10H13O6PS2/c1-3-18-9-6-4-5-8(2)10(9)19(13,14)16-7-15-17(11)12/h4-6H,3,7H2,1-2H3/p+1. The van der Waals surface area contributed by atoms with Gasteiger partial charge in [0.25, 0.3) is 0 Å². The van der Waals surface area contributed by atoms with Crippen molar-refractivity contribution in [2.75, 3.05) is 12.5 Å². The second-order valence-electron chi connectivity index (χ2n) is 3.39. The monoisotopic (exact) mass is 325 g/mol. The van der Waals surface area contributed by atoms with Crippen molar-refractivity contribution >= 4 is 30.1 Å². The molecule has 0 amide bonds. The smallest absolute Gasteiger partial charge is 0.232 e. The highest BCUT2D eigenvalue weighted by molar-refractivity contribution is 8.00. The number of hydrogen-bond donors (Lipinski definition) is 1.